The number of pyridine rings is 1. The molecular weight excluding hydrogens is 411 g/mol. The molecule has 0 fully saturated rings. The first-order chi connectivity index (χ1) is 11.6. The fourth-order valence-corrected chi connectivity index (χ4v) is 3.66. The predicted molar refractivity (Wildman–Crippen MR) is 98.8 cm³/mol. The number of sulfonamides is 1. The van der Waals surface area contributed by atoms with Crippen LogP contribution >= 0.6 is 15.9 Å². The molecule has 0 radical (unpaired) electrons. The molecule has 0 amide bonds. The molecule has 1 N–H and O–H groups in total. The van der Waals surface area contributed by atoms with Crippen molar-refractivity contribution >= 4 is 37.2 Å². The van der Waals surface area contributed by atoms with Crippen LogP contribution in [0.4, 0.5) is 10.1 Å². The maximum atomic E-state index is 13.2. The van der Waals surface area contributed by atoms with E-state index in [1.54, 1.807) is 24.3 Å². The van der Waals surface area contributed by atoms with Gasteiger partial charge < -0.3 is 4.74 Å². The number of halogens is 2. The topological polar surface area (TPSA) is 68.3 Å². The SMILES string of the molecule is CC1(C)Oc2cc(NS(C)(=O)=O)ccc2C(c2ccc(F)cn2)=C1Br. The third kappa shape index (κ3) is 3.69. The summed E-state index contributed by atoms with van der Waals surface area (Å²) in [6.07, 6.45) is 2.24. The molecule has 2 aromatic rings. The lowest BCUT2D eigenvalue weighted by molar-refractivity contribution is 0.155. The molecule has 0 saturated carbocycles. The van der Waals surface area contributed by atoms with Gasteiger partial charge in [-0.1, -0.05) is 15.9 Å². The van der Waals surface area contributed by atoms with Crippen molar-refractivity contribution in [2.75, 3.05) is 11.0 Å². The Kier molecular flexibility index (Phi) is 4.36. The number of nitrogens with one attached hydrogen (secondary N) is 1. The monoisotopic (exact) mass is 426 g/mol. The molecule has 5 nitrogen and oxygen atoms in total. The van der Waals surface area contributed by atoms with Crippen LogP contribution in [-0.4, -0.2) is 25.3 Å². The highest BCUT2D eigenvalue weighted by atomic mass is 79.9. The molecule has 8 heteroatoms. The molecule has 3 rings (SSSR count). The van der Waals surface area contributed by atoms with Crippen molar-refractivity contribution in [3.8, 4) is 5.75 Å². The average Bonchev–Trinajstić information content (AvgIpc) is 2.48. The Morgan fingerprint density at radius 1 is 1.24 bits per heavy atom. The Morgan fingerprint density at radius 3 is 2.56 bits per heavy atom. The Morgan fingerprint density at radius 2 is 1.96 bits per heavy atom. The van der Waals surface area contributed by atoms with E-state index in [4.69, 9.17) is 4.74 Å². The zero-order valence-electron chi connectivity index (χ0n) is 13.8. The molecular formula is C17H16BrFN2O3S. The molecule has 0 spiro atoms. The van der Waals surface area contributed by atoms with Crippen LogP contribution in [0.3, 0.4) is 0 Å². The number of aromatic nitrogens is 1. The van der Waals surface area contributed by atoms with E-state index in [2.05, 4.69) is 25.6 Å². The number of benzene rings is 1. The van der Waals surface area contributed by atoms with Crippen LogP contribution in [0.1, 0.15) is 25.1 Å². The number of hydrogen-bond donors (Lipinski definition) is 1. The molecule has 1 aromatic heterocycles. The van der Waals surface area contributed by atoms with Gasteiger partial charge in [-0.25, -0.2) is 12.8 Å². The number of fused-ring (bicyclic) bond motifs is 1. The van der Waals surface area contributed by atoms with E-state index >= 15 is 0 Å². The van der Waals surface area contributed by atoms with Crippen LogP contribution in [0.5, 0.6) is 5.75 Å². The smallest absolute Gasteiger partial charge is 0.229 e. The van der Waals surface area contributed by atoms with Crippen molar-refractivity contribution in [2.45, 2.75) is 19.4 Å². The second-order valence-corrected chi connectivity index (χ2v) is 8.79. The molecule has 0 bridgehead atoms. The highest BCUT2D eigenvalue weighted by Gasteiger charge is 2.35. The van der Waals surface area contributed by atoms with Crippen molar-refractivity contribution in [1.82, 2.24) is 4.98 Å². The summed E-state index contributed by atoms with van der Waals surface area (Å²) in [5.74, 6) is 0.0997. The molecule has 1 aliphatic heterocycles. The Labute approximate surface area is 154 Å². The maximum Gasteiger partial charge on any atom is 0.229 e. The number of ether oxygens (including phenoxy) is 1. The van der Waals surface area contributed by atoms with Gasteiger partial charge in [-0.2, -0.15) is 0 Å². The van der Waals surface area contributed by atoms with Crippen molar-refractivity contribution < 1.29 is 17.5 Å². The first kappa shape index (κ1) is 17.9. The summed E-state index contributed by atoms with van der Waals surface area (Å²) < 4.78 is 45.4. The van der Waals surface area contributed by atoms with Gasteiger partial charge in [-0.3, -0.25) is 9.71 Å². The maximum absolute atomic E-state index is 13.2. The first-order valence-corrected chi connectivity index (χ1v) is 10.1. The van der Waals surface area contributed by atoms with E-state index in [-0.39, 0.29) is 0 Å². The third-order valence-corrected chi connectivity index (χ3v) is 5.61. The highest BCUT2D eigenvalue weighted by Crippen LogP contribution is 2.46. The Hall–Kier alpha value is -1.93. The van der Waals surface area contributed by atoms with Crippen molar-refractivity contribution in [1.29, 1.82) is 0 Å². The van der Waals surface area contributed by atoms with Crippen molar-refractivity contribution in [2.24, 2.45) is 0 Å². The summed E-state index contributed by atoms with van der Waals surface area (Å²) in [7, 11) is -3.39. The highest BCUT2D eigenvalue weighted by molar-refractivity contribution is 9.12. The van der Waals surface area contributed by atoms with Gasteiger partial charge in [0.2, 0.25) is 10.0 Å². The van der Waals surface area contributed by atoms with Gasteiger partial charge in [0.15, 0.2) is 0 Å². The number of rotatable bonds is 3. The minimum absolute atomic E-state index is 0.404. The standard InChI is InChI=1S/C17H16BrFN2O3S/c1-17(2)16(18)15(13-7-4-10(19)9-20-13)12-6-5-11(8-14(12)24-17)21-25(3,22)23/h4-9,21H,1-3H3. The molecule has 132 valence electrons. The van der Waals surface area contributed by atoms with Crippen molar-refractivity contribution in [3.05, 3.63) is 58.1 Å². The normalized spacial score (nSPS) is 16.2. The molecule has 1 aliphatic rings. The fourth-order valence-electron chi connectivity index (χ4n) is 2.60. The van der Waals surface area contributed by atoms with E-state index in [1.165, 1.54) is 6.07 Å². The molecule has 0 unspecified atom stereocenters. The van der Waals surface area contributed by atoms with Gasteiger partial charge in [-0.15, -0.1) is 0 Å². The average molecular weight is 427 g/mol. The zero-order valence-corrected chi connectivity index (χ0v) is 16.2. The van der Waals surface area contributed by atoms with Crippen LogP contribution in [0.2, 0.25) is 0 Å². The van der Waals surface area contributed by atoms with E-state index < -0.39 is 21.4 Å². The minimum Gasteiger partial charge on any atom is -0.482 e. The van der Waals surface area contributed by atoms with Gasteiger partial charge in [0.1, 0.15) is 17.2 Å². The van der Waals surface area contributed by atoms with Gasteiger partial charge in [0, 0.05) is 21.7 Å². The summed E-state index contributed by atoms with van der Waals surface area (Å²) in [5, 5.41) is 0. The van der Waals surface area contributed by atoms with Gasteiger partial charge in [0.25, 0.3) is 0 Å². The summed E-state index contributed by atoms with van der Waals surface area (Å²) in [4.78, 5) is 4.17. The predicted octanol–water partition coefficient (Wildman–Crippen LogP) is 3.92. The van der Waals surface area contributed by atoms with Crippen LogP contribution in [-0.2, 0) is 10.0 Å². The summed E-state index contributed by atoms with van der Waals surface area (Å²) in [6, 6.07) is 7.96. The second-order valence-electron chi connectivity index (χ2n) is 6.25. The fraction of sp³-hybridized carbons (Fsp3) is 0.235. The molecule has 0 aliphatic carbocycles. The van der Waals surface area contributed by atoms with E-state index in [9.17, 15) is 12.8 Å². The number of nitrogens with zero attached hydrogens (tertiary/aromatic N) is 1. The Bertz CT molecular complexity index is 970. The molecule has 2 heterocycles. The third-order valence-electron chi connectivity index (χ3n) is 3.65. The quantitative estimate of drug-likeness (QED) is 0.807. The second kappa shape index (κ2) is 6.10. The lowest BCUT2D eigenvalue weighted by Gasteiger charge is -2.34. The van der Waals surface area contributed by atoms with Crippen LogP contribution < -0.4 is 9.46 Å². The molecule has 0 atom stereocenters. The van der Waals surface area contributed by atoms with Gasteiger partial charge in [0.05, 0.1) is 23.8 Å². The van der Waals surface area contributed by atoms with Gasteiger partial charge >= 0.3 is 0 Å². The van der Waals surface area contributed by atoms with Gasteiger partial charge in [-0.05, 0) is 38.1 Å². The summed E-state index contributed by atoms with van der Waals surface area (Å²) in [6.45, 7) is 3.75. The van der Waals surface area contributed by atoms with E-state index in [0.717, 1.165) is 28.1 Å². The van der Waals surface area contributed by atoms with Crippen LogP contribution in [0.15, 0.2) is 41.0 Å². The number of anilines is 1. The lowest BCUT2D eigenvalue weighted by Crippen LogP contribution is -2.32. The van der Waals surface area contributed by atoms with Crippen LogP contribution in [0.25, 0.3) is 5.57 Å². The van der Waals surface area contributed by atoms with Crippen LogP contribution in [0, 0.1) is 5.82 Å². The first-order valence-electron chi connectivity index (χ1n) is 7.40. The van der Waals surface area contributed by atoms with Crippen molar-refractivity contribution in [3.63, 3.8) is 0 Å². The largest absolute Gasteiger partial charge is 0.482 e. The summed E-state index contributed by atoms with van der Waals surface area (Å²) in [5.41, 5.74) is 1.82. The zero-order chi connectivity index (χ0) is 18.4. The summed E-state index contributed by atoms with van der Waals surface area (Å²) >= 11 is 3.58. The van der Waals surface area contributed by atoms with E-state index in [0.29, 0.717) is 17.1 Å². The lowest BCUT2D eigenvalue weighted by atomic mass is 9.92. The van der Waals surface area contributed by atoms with E-state index in [1.807, 2.05) is 13.8 Å². The molecule has 0 saturated heterocycles. The number of hydrogen-bond acceptors (Lipinski definition) is 4. The molecule has 1 aromatic carbocycles. The minimum atomic E-state index is -3.39. The Balaban J connectivity index is 2.17. The molecule has 25 heavy (non-hydrogen) atoms.